The molecule has 0 aromatic heterocycles. The smallest absolute Gasteiger partial charge is 0.127 e. The van der Waals surface area contributed by atoms with Gasteiger partial charge in [0.25, 0.3) is 0 Å². The standard InChI is InChI=1S/C15H21NO2/c1-17-14-8-7-12(9-10-16)15(11-14)18-13-5-3-2-4-6-13/h3,5,7-8,11,13H,2,4,6,9-10,16H2,1H3. The normalized spacial score (nSPS) is 18.7. The lowest BCUT2D eigenvalue weighted by atomic mass is 10.0. The van der Waals surface area contributed by atoms with Gasteiger partial charge in [0, 0.05) is 6.07 Å². The first-order valence-electron chi connectivity index (χ1n) is 6.54. The highest BCUT2D eigenvalue weighted by atomic mass is 16.5. The molecular formula is C15H21NO2. The first-order valence-corrected chi connectivity index (χ1v) is 6.54. The maximum atomic E-state index is 6.06. The number of rotatable bonds is 5. The predicted molar refractivity (Wildman–Crippen MR) is 73.2 cm³/mol. The third kappa shape index (κ3) is 3.26. The third-order valence-corrected chi connectivity index (χ3v) is 3.18. The lowest BCUT2D eigenvalue weighted by Gasteiger charge is -2.21. The van der Waals surface area contributed by atoms with E-state index in [-0.39, 0.29) is 6.10 Å². The van der Waals surface area contributed by atoms with Crippen molar-refractivity contribution in [2.45, 2.75) is 31.8 Å². The molecular weight excluding hydrogens is 226 g/mol. The van der Waals surface area contributed by atoms with E-state index < -0.39 is 0 Å². The van der Waals surface area contributed by atoms with E-state index in [0.717, 1.165) is 36.3 Å². The van der Waals surface area contributed by atoms with Gasteiger partial charge in [-0.2, -0.15) is 0 Å². The number of benzene rings is 1. The highest BCUT2D eigenvalue weighted by Crippen LogP contribution is 2.28. The molecule has 1 aromatic carbocycles. The van der Waals surface area contributed by atoms with E-state index in [2.05, 4.69) is 12.2 Å². The third-order valence-electron chi connectivity index (χ3n) is 3.18. The van der Waals surface area contributed by atoms with Crippen LogP contribution in [0, 0.1) is 0 Å². The summed E-state index contributed by atoms with van der Waals surface area (Å²) in [5.41, 5.74) is 6.78. The maximum Gasteiger partial charge on any atom is 0.127 e. The van der Waals surface area contributed by atoms with Gasteiger partial charge in [-0.3, -0.25) is 0 Å². The van der Waals surface area contributed by atoms with Gasteiger partial charge in [-0.25, -0.2) is 0 Å². The monoisotopic (exact) mass is 247 g/mol. The molecule has 0 heterocycles. The van der Waals surface area contributed by atoms with Gasteiger partial charge in [-0.05, 0) is 49.9 Å². The molecule has 0 saturated carbocycles. The van der Waals surface area contributed by atoms with Crippen LogP contribution in [0.2, 0.25) is 0 Å². The fourth-order valence-electron chi connectivity index (χ4n) is 2.18. The first kappa shape index (κ1) is 13.0. The average molecular weight is 247 g/mol. The van der Waals surface area contributed by atoms with Gasteiger partial charge >= 0.3 is 0 Å². The van der Waals surface area contributed by atoms with Crippen LogP contribution in [-0.2, 0) is 6.42 Å². The van der Waals surface area contributed by atoms with Crippen molar-refractivity contribution in [3.8, 4) is 11.5 Å². The SMILES string of the molecule is COc1ccc(CCN)c(OC2C=CCCC2)c1. The molecule has 0 saturated heterocycles. The van der Waals surface area contributed by atoms with Crippen molar-refractivity contribution in [2.75, 3.05) is 13.7 Å². The molecule has 0 amide bonds. The molecule has 0 aliphatic heterocycles. The van der Waals surface area contributed by atoms with E-state index in [9.17, 15) is 0 Å². The Morgan fingerprint density at radius 2 is 2.28 bits per heavy atom. The molecule has 1 aliphatic rings. The largest absolute Gasteiger partial charge is 0.497 e. The zero-order valence-electron chi connectivity index (χ0n) is 10.9. The van der Waals surface area contributed by atoms with Crippen LogP contribution < -0.4 is 15.2 Å². The van der Waals surface area contributed by atoms with Crippen molar-refractivity contribution in [3.05, 3.63) is 35.9 Å². The number of nitrogens with two attached hydrogens (primary N) is 1. The van der Waals surface area contributed by atoms with Gasteiger partial charge in [0.15, 0.2) is 0 Å². The number of hydrogen-bond acceptors (Lipinski definition) is 3. The zero-order valence-corrected chi connectivity index (χ0v) is 10.9. The van der Waals surface area contributed by atoms with Crippen molar-refractivity contribution in [3.63, 3.8) is 0 Å². The number of allylic oxidation sites excluding steroid dienone is 1. The summed E-state index contributed by atoms with van der Waals surface area (Å²) in [5, 5.41) is 0. The van der Waals surface area contributed by atoms with Gasteiger partial charge in [0.05, 0.1) is 7.11 Å². The topological polar surface area (TPSA) is 44.5 Å². The quantitative estimate of drug-likeness (QED) is 0.814. The number of methoxy groups -OCH3 is 1. The van der Waals surface area contributed by atoms with Crippen LogP contribution in [0.4, 0.5) is 0 Å². The highest BCUT2D eigenvalue weighted by molar-refractivity contribution is 5.41. The molecule has 18 heavy (non-hydrogen) atoms. The Labute approximate surface area is 109 Å². The minimum absolute atomic E-state index is 0.183. The minimum Gasteiger partial charge on any atom is -0.497 e. The summed E-state index contributed by atoms with van der Waals surface area (Å²) in [4.78, 5) is 0. The van der Waals surface area contributed by atoms with E-state index >= 15 is 0 Å². The number of hydrogen-bond donors (Lipinski definition) is 1. The van der Waals surface area contributed by atoms with Crippen LogP contribution in [0.5, 0.6) is 11.5 Å². The molecule has 0 bridgehead atoms. The molecule has 1 unspecified atom stereocenters. The van der Waals surface area contributed by atoms with Crippen LogP contribution in [0.3, 0.4) is 0 Å². The maximum absolute atomic E-state index is 6.06. The Morgan fingerprint density at radius 3 is 2.94 bits per heavy atom. The Balaban J connectivity index is 2.16. The van der Waals surface area contributed by atoms with Crippen molar-refractivity contribution >= 4 is 0 Å². The van der Waals surface area contributed by atoms with E-state index in [1.807, 2.05) is 18.2 Å². The molecule has 98 valence electrons. The van der Waals surface area contributed by atoms with Gasteiger partial charge in [-0.1, -0.05) is 12.1 Å². The Morgan fingerprint density at radius 1 is 1.39 bits per heavy atom. The van der Waals surface area contributed by atoms with Crippen molar-refractivity contribution in [1.29, 1.82) is 0 Å². The molecule has 2 N–H and O–H groups in total. The second-order valence-corrected chi connectivity index (χ2v) is 4.53. The average Bonchev–Trinajstić information content (AvgIpc) is 2.42. The summed E-state index contributed by atoms with van der Waals surface area (Å²) in [7, 11) is 1.67. The summed E-state index contributed by atoms with van der Waals surface area (Å²) in [6.45, 7) is 0.628. The van der Waals surface area contributed by atoms with Crippen molar-refractivity contribution in [2.24, 2.45) is 5.73 Å². The summed E-state index contributed by atoms with van der Waals surface area (Å²) < 4.78 is 11.3. The second-order valence-electron chi connectivity index (χ2n) is 4.53. The van der Waals surface area contributed by atoms with E-state index in [1.54, 1.807) is 7.11 Å². The molecule has 0 fully saturated rings. The molecule has 1 aromatic rings. The van der Waals surface area contributed by atoms with Crippen molar-refractivity contribution in [1.82, 2.24) is 0 Å². The summed E-state index contributed by atoms with van der Waals surface area (Å²) >= 11 is 0. The predicted octanol–water partition coefficient (Wildman–Crippen LogP) is 2.68. The first-order chi connectivity index (χ1) is 8.83. The van der Waals surface area contributed by atoms with E-state index in [4.69, 9.17) is 15.2 Å². The molecule has 2 rings (SSSR count). The minimum atomic E-state index is 0.183. The van der Waals surface area contributed by atoms with Gasteiger partial charge in [-0.15, -0.1) is 0 Å². The van der Waals surface area contributed by atoms with Gasteiger partial charge in [0.2, 0.25) is 0 Å². The van der Waals surface area contributed by atoms with Gasteiger partial charge < -0.3 is 15.2 Å². The van der Waals surface area contributed by atoms with Crippen LogP contribution in [-0.4, -0.2) is 19.8 Å². The van der Waals surface area contributed by atoms with Crippen molar-refractivity contribution < 1.29 is 9.47 Å². The molecule has 0 radical (unpaired) electrons. The molecule has 3 nitrogen and oxygen atoms in total. The summed E-state index contributed by atoms with van der Waals surface area (Å²) in [6.07, 6.45) is 8.78. The van der Waals surface area contributed by atoms with Crippen LogP contribution in [0.1, 0.15) is 24.8 Å². The highest BCUT2D eigenvalue weighted by Gasteiger charge is 2.13. The van der Waals surface area contributed by atoms with Crippen LogP contribution in [0.15, 0.2) is 30.4 Å². The van der Waals surface area contributed by atoms with Crippen LogP contribution >= 0.6 is 0 Å². The fourth-order valence-corrected chi connectivity index (χ4v) is 2.18. The Kier molecular flexibility index (Phi) is 4.65. The molecule has 1 atom stereocenters. The van der Waals surface area contributed by atoms with E-state index in [0.29, 0.717) is 6.54 Å². The molecule has 0 spiro atoms. The zero-order chi connectivity index (χ0) is 12.8. The second kappa shape index (κ2) is 6.45. The van der Waals surface area contributed by atoms with E-state index in [1.165, 1.54) is 6.42 Å². The molecule has 1 aliphatic carbocycles. The lowest BCUT2D eigenvalue weighted by Crippen LogP contribution is -2.17. The fraction of sp³-hybridized carbons (Fsp3) is 0.467. The number of ether oxygens (including phenoxy) is 2. The Hall–Kier alpha value is -1.48. The summed E-state index contributed by atoms with van der Waals surface area (Å²) in [5.74, 6) is 1.72. The Bertz CT molecular complexity index is 415. The van der Waals surface area contributed by atoms with Crippen LogP contribution in [0.25, 0.3) is 0 Å². The lowest BCUT2D eigenvalue weighted by molar-refractivity contribution is 0.227. The van der Waals surface area contributed by atoms with Gasteiger partial charge in [0.1, 0.15) is 17.6 Å². The molecule has 3 heteroatoms. The summed E-state index contributed by atoms with van der Waals surface area (Å²) in [6, 6.07) is 5.94.